The van der Waals surface area contributed by atoms with Crippen LogP contribution in [0.4, 0.5) is 0 Å². The summed E-state index contributed by atoms with van der Waals surface area (Å²) in [6, 6.07) is -0.755. The molecule has 0 saturated heterocycles. The van der Waals surface area contributed by atoms with Crippen molar-refractivity contribution in [3.63, 3.8) is 0 Å². The summed E-state index contributed by atoms with van der Waals surface area (Å²) in [4.78, 5) is 23.1. The first kappa shape index (κ1) is 63.7. The van der Waals surface area contributed by atoms with E-state index < -0.39 is 20.0 Å². The number of phosphoric ester groups is 1. The standard InChI is InChI=1S/C56H109N2O6P/c1-6-8-10-12-14-15-16-17-18-19-20-21-22-23-24-25-26-27-28-29-30-31-32-33-34-35-36-37-38-39-40-41-42-43-44-46-48-50-56(60)57-54(55(59)49-47-45-13-11-9-7-2)53-64-65(61,62)63-52-51-58(3,4)5/h16-17,19-20,22-23,54-55,59H,6-15,18,21,24-53H2,1-5H3,(H-,57,60,61,62)/p+1/b17-16-,20-19-,23-22-. The predicted octanol–water partition coefficient (Wildman–Crippen LogP) is 16.6. The SMILES string of the molecule is CCCCCCC/C=C\C/C=C\C/C=C\CCCCCCCCCCCCCCCCCCCCCCCCC(=O)NC(COP(=O)(O)OCC[N+](C)(C)C)C(O)CCCCCCCC. The number of aliphatic hydroxyl groups excluding tert-OH is 1. The normalized spacial score (nSPS) is 14.3. The number of carbonyl (C=O) groups excluding carboxylic acids is 1. The first-order valence-corrected chi connectivity index (χ1v) is 29.3. The Morgan fingerprint density at radius 3 is 1.28 bits per heavy atom. The van der Waals surface area contributed by atoms with Crippen molar-refractivity contribution < 1.29 is 32.9 Å². The molecule has 0 aromatic carbocycles. The van der Waals surface area contributed by atoms with Gasteiger partial charge in [0.1, 0.15) is 13.2 Å². The van der Waals surface area contributed by atoms with Crippen molar-refractivity contribution in [3.8, 4) is 0 Å². The third-order valence-corrected chi connectivity index (χ3v) is 13.6. The van der Waals surface area contributed by atoms with Crippen molar-refractivity contribution in [2.24, 2.45) is 0 Å². The molecule has 0 aliphatic carbocycles. The molecule has 0 radical (unpaired) electrons. The van der Waals surface area contributed by atoms with Gasteiger partial charge in [0, 0.05) is 6.42 Å². The molecule has 65 heavy (non-hydrogen) atoms. The highest BCUT2D eigenvalue weighted by Gasteiger charge is 2.28. The van der Waals surface area contributed by atoms with Crippen molar-refractivity contribution >= 4 is 13.7 Å². The number of carbonyl (C=O) groups is 1. The molecule has 0 aromatic heterocycles. The Balaban J connectivity index is 3.75. The minimum absolute atomic E-state index is 0.0755. The number of allylic oxidation sites excluding steroid dienone is 6. The maximum absolute atomic E-state index is 12.9. The Morgan fingerprint density at radius 2 is 0.877 bits per heavy atom. The maximum atomic E-state index is 12.9. The van der Waals surface area contributed by atoms with Crippen LogP contribution >= 0.6 is 7.82 Å². The number of rotatable bonds is 51. The largest absolute Gasteiger partial charge is 0.472 e. The van der Waals surface area contributed by atoms with E-state index in [-0.39, 0.29) is 19.1 Å². The van der Waals surface area contributed by atoms with E-state index in [0.29, 0.717) is 23.9 Å². The van der Waals surface area contributed by atoms with Gasteiger partial charge in [0.05, 0.1) is 39.9 Å². The van der Waals surface area contributed by atoms with E-state index in [9.17, 15) is 19.4 Å². The lowest BCUT2D eigenvalue weighted by atomic mass is 10.0. The minimum atomic E-state index is -4.30. The zero-order valence-electron chi connectivity index (χ0n) is 43.7. The summed E-state index contributed by atoms with van der Waals surface area (Å²) in [5.74, 6) is -0.146. The topological polar surface area (TPSA) is 105 Å². The number of nitrogens with zero attached hydrogens (tertiary/aromatic N) is 1. The number of unbranched alkanes of at least 4 members (excludes halogenated alkanes) is 32. The molecule has 0 rings (SSSR count). The first-order valence-electron chi connectivity index (χ1n) is 27.9. The third-order valence-electron chi connectivity index (χ3n) is 12.6. The van der Waals surface area contributed by atoms with Crippen LogP contribution in [0.15, 0.2) is 36.5 Å². The van der Waals surface area contributed by atoms with Gasteiger partial charge >= 0.3 is 7.82 Å². The Bertz CT molecular complexity index is 1150. The molecule has 3 unspecified atom stereocenters. The molecule has 0 heterocycles. The smallest absolute Gasteiger partial charge is 0.391 e. The number of hydrogen-bond acceptors (Lipinski definition) is 5. The molecule has 8 nitrogen and oxygen atoms in total. The fraction of sp³-hybridized carbons (Fsp3) is 0.875. The number of phosphoric acid groups is 1. The highest BCUT2D eigenvalue weighted by molar-refractivity contribution is 7.47. The molecule has 0 fully saturated rings. The molecule has 384 valence electrons. The van der Waals surface area contributed by atoms with E-state index in [1.165, 1.54) is 186 Å². The van der Waals surface area contributed by atoms with Crippen LogP contribution in [0, 0.1) is 0 Å². The van der Waals surface area contributed by atoms with E-state index in [4.69, 9.17) is 9.05 Å². The molecule has 0 aliphatic rings. The lowest BCUT2D eigenvalue weighted by Gasteiger charge is -2.26. The van der Waals surface area contributed by atoms with Gasteiger partial charge in [0.2, 0.25) is 5.91 Å². The number of amides is 1. The van der Waals surface area contributed by atoms with Crippen LogP contribution in [0.3, 0.4) is 0 Å². The lowest BCUT2D eigenvalue weighted by Crippen LogP contribution is -2.46. The van der Waals surface area contributed by atoms with Crippen LogP contribution in [-0.4, -0.2) is 73.4 Å². The van der Waals surface area contributed by atoms with E-state index in [2.05, 4.69) is 55.6 Å². The molecule has 0 aromatic rings. The molecule has 0 saturated carbocycles. The summed E-state index contributed by atoms with van der Waals surface area (Å²) in [6.07, 6.45) is 61.2. The number of likely N-dealkylation sites (N-methyl/N-ethyl adjacent to an activating group) is 1. The number of aliphatic hydroxyl groups is 1. The highest BCUT2D eigenvalue weighted by Crippen LogP contribution is 2.43. The second kappa shape index (κ2) is 47.8. The summed E-state index contributed by atoms with van der Waals surface area (Å²) in [7, 11) is 1.62. The Kier molecular flexibility index (Phi) is 46.8. The Hall–Kier alpha value is -1.28. The first-order chi connectivity index (χ1) is 31.5. The minimum Gasteiger partial charge on any atom is -0.391 e. The molecule has 0 spiro atoms. The second-order valence-electron chi connectivity index (χ2n) is 20.3. The average Bonchev–Trinajstić information content (AvgIpc) is 3.26. The fourth-order valence-electron chi connectivity index (χ4n) is 8.23. The highest BCUT2D eigenvalue weighted by atomic mass is 31.2. The number of nitrogens with one attached hydrogen (secondary N) is 1. The van der Waals surface area contributed by atoms with E-state index >= 15 is 0 Å². The summed E-state index contributed by atoms with van der Waals surface area (Å²) in [6.45, 7) is 4.82. The van der Waals surface area contributed by atoms with Crippen LogP contribution in [0.5, 0.6) is 0 Å². The summed E-state index contributed by atoms with van der Waals surface area (Å²) >= 11 is 0. The third kappa shape index (κ3) is 50.4. The van der Waals surface area contributed by atoms with Gasteiger partial charge in [-0.2, -0.15) is 0 Å². The number of hydrogen-bond donors (Lipinski definition) is 3. The summed E-state index contributed by atoms with van der Waals surface area (Å²) in [5, 5.41) is 13.8. The van der Waals surface area contributed by atoms with E-state index in [1.54, 1.807) is 0 Å². The van der Waals surface area contributed by atoms with Crippen molar-refractivity contribution in [1.29, 1.82) is 0 Å². The zero-order valence-corrected chi connectivity index (χ0v) is 44.6. The quantitative estimate of drug-likeness (QED) is 0.0243. The van der Waals surface area contributed by atoms with Crippen LogP contribution in [0.1, 0.15) is 264 Å². The molecular formula is C56H110N2O6P+. The van der Waals surface area contributed by atoms with Crippen molar-refractivity contribution in [3.05, 3.63) is 36.5 Å². The second-order valence-corrected chi connectivity index (χ2v) is 21.8. The molecule has 3 atom stereocenters. The van der Waals surface area contributed by atoms with Crippen LogP contribution in [0.2, 0.25) is 0 Å². The van der Waals surface area contributed by atoms with Gasteiger partial charge < -0.3 is 19.8 Å². The van der Waals surface area contributed by atoms with Gasteiger partial charge in [0.15, 0.2) is 0 Å². The summed E-state index contributed by atoms with van der Waals surface area (Å²) < 4.78 is 23.5. The zero-order chi connectivity index (χ0) is 47.8. The van der Waals surface area contributed by atoms with Gasteiger partial charge in [-0.25, -0.2) is 4.57 Å². The van der Waals surface area contributed by atoms with Crippen molar-refractivity contribution in [1.82, 2.24) is 5.32 Å². The van der Waals surface area contributed by atoms with Gasteiger partial charge in [-0.3, -0.25) is 13.8 Å². The summed E-state index contributed by atoms with van der Waals surface area (Å²) in [5.41, 5.74) is 0. The van der Waals surface area contributed by atoms with Gasteiger partial charge in [-0.05, 0) is 51.4 Å². The van der Waals surface area contributed by atoms with Crippen LogP contribution in [-0.2, 0) is 18.4 Å². The molecule has 0 bridgehead atoms. The predicted molar refractivity (Wildman–Crippen MR) is 281 cm³/mol. The van der Waals surface area contributed by atoms with Crippen LogP contribution in [0.25, 0.3) is 0 Å². The van der Waals surface area contributed by atoms with Gasteiger partial charge in [-0.15, -0.1) is 0 Å². The molecular weight excluding hydrogens is 828 g/mol. The van der Waals surface area contributed by atoms with Crippen molar-refractivity contribution in [2.45, 2.75) is 276 Å². The van der Waals surface area contributed by atoms with Crippen molar-refractivity contribution in [2.75, 3.05) is 40.9 Å². The van der Waals surface area contributed by atoms with E-state index in [0.717, 1.165) is 51.4 Å². The average molecular weight is 938 g/mol. The number of quaternary nitrogens is 1. The fourth-order valence-corrected chi connectivity index (χ4v) is 8.97. The lowest BCUT2D eigenvalue weighted by molar-refractivity contribution is -0.870. The van der Waals surface area contributed by atoms with Crippen LogP contribution < -0.4 is 5.32 Å². The molecule has 0 aliphatic heterocycles. The monoisotopic (exact) mass is 938 g/mol. The molecule has 3 N–H and O–H groups in total. The van der Waals surface area contributed by atoms with Gasteiger partial charge in [0.25, 0.3) is 0 Å². The Labute approximate surface area is 404 Å². The van der Waals surface area contributed by atoms with Gasteiger partial charge in [-0.1, -0.05) is 243 Å². The Morgan fingerprint density at radius 1 is 0.523 bits per heavy atom. The van der Waals surface area contributed by atoms with E-state index in [1.807, 2.05) is 21.1 Å². The molecule has 1 amide bonds. The maximum Gasteiger partial charge on any atom is 0.472 e. The molecule has 9 heteroatoms.